The van der Waals surface area contributed by atoms with Gasteiger partial charge in [-0.05, 0) is 6.07 Å². The minimum Gasteiger partial charge on any atom is -0.463 e. The number of aldehydes is 1. The van der Waals surface area contributed by atoms with Crippen molar-refractivity contribution in [2.45, 2.75) is 0 Å². The summed E-state index contributed by atoms with van der Waals surface area (Å²) in [6.45, 7) is 2.98. The number of methoxy groups -OCH3 is 1. The fraction of sp³-hybridized carbons (Fsp3) is 0.583. The molecule has 0 saturated heterocycles. The standard InChI is InChI=1S/C12H18O6/c1-14-4-5-15-6-7-16-8-9-17-12-3-2-11(10-13)18-12/h2-3,10H,4-9H2,1H3. The van der Waals surface area contributed by atoms with Crippen molar-refractivity contribution < 1.29 is 28.2 Å². The third-order valence-corrected chi connectivity index (χ3v) is 1.99. The van der Waals surface area contributed by atoms with E-state index in [1.165, 1.54) is 0 Å². The Kier molecular flexibility index (Phi) is 7.87. The summed E-state index contributed by atoms with van der Waals surface area (Å²) in [5.74, 6) is 0.564. The predicted octanol–water partition coefficient (Wildman–Crippen LogP) is 1.15. The van der Waals surface area contributed by atoms with E-state index < -0.39 is 0 Å². The van der Waals surface area contributed by atoms with Gasteiger partial charge in [-0.15, -0.1) is 0 Å². The highest BCUT2D eigenvalue weighted by Gasteiger charge is 2.00. The van der Waals surface area contributed by atoms with E-state index in [0.29, 0.717) is 51.9 Å². The topological polar surface area (TPSA) is 67.1 Å². The van der Waals surface area contributed by atoms with Crippen LogP contribution in [0.15, 0.2) is 16.5 Å². The Hall–Kier alpha value is -1.37. The lowest BCUT2D eigenvalue weighted by Crippen LogP contribution is -2.12. The van der Waals surface area contributed by atoms with Crippen LogP contribution >= 0.6 is 0 Å². The van der Waals surface area contributed by atoms with E-state index >= 15 is 0 Å². The van der Waals surface area contributed by atoms with Crippen LogP contribution in [0.5, 0.6) is 5.95 Å². The molecule has 0 spiro atoms. The summed E-state index contributed by atoms with van der Waals surface area (Å²) in [7, 11) is 1.63. The highest BCUT2D eigenvalue weighted by molar-refractivity contribution is 5.70. The molecule has 0 aliphatic heterocycles. The van der Waals surface area contributed by atoms with Crippen LogP contribution in [-0.4, -0.2) is 53.0 Å². The monoisotopic (exact) mass is 258 g/mol. The molecule has 0 fully saturated rings. The van der Waals surface area contributed by atoms with Crippen molar-refractivity contribution in [1.82, 2.24) is 0 Å². The summed E-state index contributed by atoms with van der Waals surface area (Å²) < 4.78 is 25.5. The van der Waals surface area contributed by atoms with Crippen LogP contribution in [0, 0.1) is 0 Å². The molecule has 1 aromatic heterocycles. The van der Waals surface area contributed by atoms with Gasteiger partial charge in [-0.25, -0.2) is 0 Å². The molecule has 0 atom stereocenters. The van der Waals surface area contributed by atoms with Gasteiger partial charge in [0.25, 0.3) is 5.95 Å². The third kappa shape index (κ3) is 6.39. The van der Waals surface area contributed by atoms with Gasteiger partial charge in [-0.1, -0.05) is 0 Å². The molecule has 18 heavy (non-hydrogen) atoms. The molecule has 6 heteroatoms. The van der Waals surface area contributed by atoms with Crippen molar-refractivity contribution in [3.63, 3.8) is 0 Å². The fourth-order valence-electron chi connectivity index (χ4n) is 1.14. The number of carbonyl (C=O) groups excluding carboxylic acids is 1. The lowest BCUT2D eigenvalue weighted by Gasteiger charge is -2.05. The lowest BCUT2D eigenvalue weighted by molar-refractivity contribution is 0.0162. The largest absolute Gasteiger partial charge is 0.463 e. The van der Waals surface area contributed by atoms with Gasteiger partial charge in [0.05, 0.1) is 33.0 Å². The minimum absolute atomic E-state index is 0.248. The average Bonchev–Trinajstić information content (AvgIpc) is 2.85. The van der Waals surface area contributed by atoms with Gasteiger partial charge in [0.1, 0.15) is 6.61 Å². The molecule has 102 valence electrons. The van der Waals surface area contributed by atoms with Crippen LogP contribution in [0.2, 0.25) is 0 Å². The number of ether oxygens (including phenoxy) is 4. The maximum atomic E-state index is 10.3. The molecular weight excluding hydrogens is 240 g/mol. The van der Waals surface area contributed by atoms with Crippen LogP contribution in [0.3, 0.4) is 0 Å². The molecule has 1 rings (SSSR count). The van der Waals surface area contributed by atoms with Crippen molar-refractivity contribution in [2.24, 2.45) is 0 Å². The number of hydrogen-bond acceptors (Lipinski definition) is 6. The lowest BCUT2D eigenvalue weighted by atomic mass is 10.5. The predicted molar refractivity (Wildman–Crippen MR) is 63.1 cm³/mol. The number of hydrogen-bond donors (Lipinski definition) is 0. The second kappa shape index (κ2) is 9.64. The number of furan rings is 1. The van der Waals surface area contributed by atoms with Crippen molar-refractivity contribution in [3.05, 3.63) is 17.9 Å². The summed E-state index contributed by atoms with van der Waals surface area (Å²) in [4.78, 5) is 10.3. The SMILES string of the molecule is COCCOCCOCCOc1ccc(C=O)o1. The summed E-state index contributed by atoms with van der Waals surface area (Å²) in [6, 6.07) is 3.14. The van der Waals surface area contributed by atoms with E-state index in [9.17, 15) is 4.79 Å². The van der Waals surface area contributed by atoms with E-state index in [2.05, 4.69) is 0 Å². The zero-order valence-corrected chi connectivity index (χ0v) is 10.4. The van der Waals surface area contributed by atoms with Gasteiger partial charge in [0, 0.05) is 13.2 Å². The summed E-state index contributed by atoms with van der Waals surface area (Å²) in [5.41, 5.74) is 0. The molecule has 0 saturated carbocycles. The summed E-state index contributed by atoms with van der Waals surface area (Å²) in [6.07, 6.45) is 0.626. The van der Waals surface area contributed by atoms with Gasteiger partial charge < -0.3 is 23.4 Å². The first-order valence-electron chi connectivity index (χ1n) is 5.69. The van der Waals surface area contributed by atoms with Gasteiger partial charge >= 0.3 is 0 Å². The average molecular weight is 258 g/mol. The quantitative estimate of drug-likeness (QED) is 0.438. The van der Waals surface area contributed by atoms with Gasteiger partial charge in [0.15, 0.2) is 12.0 Å². The maximum Gasteiger partial charge on any atom is 0.284 e. The van der Waals surface area contributed by atoms with Crippen molar-refractivity contribution in [1.29, 1.82) is 0 Å². The second-order valence-corrected chi connectivity index (χ2v) is 3.34. The Balaban J connectivity index is 1.91. The number of rotatable bonds is 11. The first kappa shape index (κ1) is 14.7. The van der Waals surface area contributed by atoms with Crippen LogP contribution in [0.4, 0.5) is 0 Å². The van der Waals surface area contributed by atoms with Crippen molar-refractivity contribution >= 4 is 6.29 Å². The Bertz CT molecular complexity index is 322. The third-order valence-electron chi connectivity index (χ3n) is 1.99. The Labute approximate surface area is 106 Å². The van der Waals surface area contributed by atoms with E-state index in [1.807, 2.05) is 0 Å². The van der Waals surface area contributed by atoms with Crippen LogP contribution in [0.25, 0.3) is 0 Å². The molecule has 1 aromatic rings. The molecule has 1 heterocycles. The van der Waals surface area contributed by atoms with E-state index in [4.69, 9.17) is 23.4 Å². The van der Waals surface area contributed by atoms with Crippen molar-refractivity contribution in [2.75, 3.05) is 46.8 Å². The first-order chi connectivity index (χ1) is 8.86. The molecule has 0 aromatic carbocycles. The minimum atomic E-state index is 0.248. The molecular formula is C12H18O6. The van der Waals surface area contributed by atoms with Gasteiger partial charge in [0.2, 0.25) is 0 Å². The first-order valence-corrected chi connectivity index (χ1v) is 5.69. The summed E-state index contributed by atoms with van der Waals surface area (Å²) in [5, 5.41) is 0. The van der Waals surface area contributed by atoms with E-state index in [-0.39, 0.29) is 5.76 Å². The molecule has 0 bridgehead atoms. The van der Waals surface area contributed by atoms with Gasteiger partial charge in [-0.3, -0.25) is 4.79 Å². The van der Waals surface area contributed by atoms with Crippen LogP contribution < -0.4 is 4.74 Å². The van der Waals surface area contributed by atoms with Gasteiger partial charge in [-0.2, -0.15) is 0 Å². The zero-order chi connectivity index (χ0) is 13.1. The normalized spacial score (nSPS) is 10.5. The van der Waals surface area contributed by atoms with Crippen LogP contribution in [-0.2, 0) is 14.2 Å². The van der Waals surface area contributed by atoms with Crippen LogP contribution in [0.1, 0.15) is 10.6 Å². The molecule has 0 aliphatic rings. The molecule has 0 N–H and O–H groups in total. The number of carbonyl (C=O) groups is 1. The van der Waals surface area contributed by atoms with E-state index in [1.54, 1.807) is 19.2 Å². The molecule has 0 unspecified atom stereocenters. The zero-order valence-electron chi connectivity index (χ0n) is 10.4. The smallest absolute Gasteiger partial charge is 0.284 e. The molecule has 6 nitrogen and oxygen atoms in total. The Morgan fingerprint density at radius 3 is 2.33 bits per heavy atom. The highest BCUT2D eigenvalue weighted by Crippen LogP contribution is 2.13. The second-order valence-electron chi connectivity index (χ2n) is 3.34. The molecule has 0 aliphatic carbocycles. The molecule has 0 radical (unpaired) electrons. The van der Waals surface area contributed by atoms with Crippen molar-refractivity contribution in [3.8, 4) is 5.95 Å². The summed E-state index contributed by atoms with van der Waals surface area (Å²) >= 11 is 0. The Morgan fingerprint density at radius 1 is 1.06 bits per heavy atom. The maximum absolute atomic E-state index is 10.3. The fourth-order valence-corrected chi connectivity index (χ4v) is 1.14. The highest BCUT2D eigenvalue weighted by atomic mass is 16.6. The Morgan fingerprint density at radius 2 is 1.72 bits per heavy atom. The molecule has 0 amide bonds. The van der Waals surface area contributed by atoms with E-state index in [0.717, 1.165) is 0 Å².